The molecule has 0 saturated carbocycles. The third-order valence-electron chi connectivity index (χ3n) is 3.04. The maximum absolute atomic E-state index is 13.3. The first-order valence-corrected chi connectivity index (χ1v) is 5.75. The van der Waals surface area contributed by atoms with E-state index in [0.29, 0.717) is 4.77 Å². The van der Waals surface area contributed by atoms with Crippen LogP contribution in [0.4, 0.5) is 16.0 Å². The Bertz CT molecular complexity index is 631. The van der Waals surface area contributed by atoms with Gasteiger partial charge < -0.3 is 4.90 Å². The second-order valence-electron chi connectivity index (χ2n) is 4.06. The number of anilines is 2. The molecule has 0 bridgehead atoms. The molecule has 2 heterocycles. The molecule has 0 fully saturated rings. The molecular formula is C11H11FN4S. The van der Waals surface area contributed by atoms with Gasteiger partial charge in [-0.15, -0.1) is 5.10 Å². The molecule has 0 amide bonds. The lowest BCUT2D eigenvalue weighted by Crippen LogP contribution is -2.17. The Balaban J connectivity index is 2.12. The van der Waals surface area contributed by atoms with Crippen LogP contribution in [0.25, 0.3) is 0 Å². The van der Waals surface area contributed by atoms with Crippen molar-refractivity contribution in [3.8, 4) is 0 Å². The third-order valence-corrected chi connectivity index (χ3v) is 3.41. The van der Waals surface area contributed by atoms with Crippen LogP contribution in [-0.2, 0) is 13.5 Å². The van der Waals surface area contributed by atoms with Gasteiger partial charge in [-0.1, -0.05) is 6.07 Å². The summed E-state index contributed by atoms with van der Waals surface area (Å²) in [4.78, 5) is 1.98. The van der Waals surface area contributed by atoms with Gasteiger partial charge in [0.15, 0.2) is 4.77 Å². The van der Waals surface area contributed by atoms with Gasteiger partial charge in [-0.05, 0) is 36.3 Å². The lowest BCUT2D eigenvalue weighted by atomic mass is 10.2. The van der Waals surface area contributed by atoms with E-state index in [2.05, 4.69) is 10.2 Å². The van der Waals surface area contributed by atoms with Crippen molar-refractivity contribution in [3.05, 3.63) is 34.4 Å². The van der Waals surface area contributed by atoms with Crippen LogP contribution >= 0.6 is 12.2 Å². The van der Waals surface area contributed by atoms with Crippen molar-refractivity contribution in [1.29, 1.82) is 0 Å². The summed E-state index contributed by atoms with van der Waals surface area (Å²) >= 11 is 5.08. The fraction of sp³-hybridized carbons (Fsp3) is 0.273. The first-order chi connectivity index (χ1) is 8.16. The summed E-state index contributed by atoms with van der Waals surface area (Å²) in [5.41, 5.74) is 2.02. The largest absolute Gasteiger partial charge is 0.310 e. The molecule has 88 valence electrons. The van der Waals surface area contributed by atoms with Crippen molar-refractivity contribution in [2.24, 2.45) is 7.05 Å². The molecule has 1 aromatic heterocycles. The van der Waals surface area contributed by atoms with E-state index in [9.17, 15) is 4.39 Å². The first-order valence-electron chi connectivity index (χ1n) is 5.34. The smallest absolute Gasteiger partial charge is 0.229 e. The highest BCUT2D eigenvalue weighted by Gasteiger charge is 2.24. The molecule has 2 aromatic rings. The van der Waals surface area contributed by atoms with Crippen molar-refractivity contribution >= 4 is 23.9 Å². The molecule has 0 spiro atoms. The van der Waals surface area contributed by atoms with Crippen LogP contribution in [0, 0.1) is 10.6 Å². The molecule has 0 radical (unpaired) electrons. The molecule has 1 N–H and O–H groups in total. The zero-order chi connectivity index (χ0) is 12.0. The van der Waals surface area contributed by atoms with Gasteiger partial charge in [0, 0.05) is 19.3 Å². The van der Waals surface area contributed by atoms with Crippen LogP contribution < -0.4 is 4.90 Å². The molecule has 1 aliphatic rings. The fourth-order valence-electron chi connectivity index (χ4n) is 2.14. The van der Waals surface area contributed by atoms with Crippen LogP contribution in [0.1, 0.15) is 5.56 Å². The topological polar surface area (TPSA) is 36.9 Å². The summed E-state index contributed by atoms with van der Waals surface area (Å²) in [7, 11) is 1.85. The molecule has 0 unspecified atom stereocenters. The van der Waals surface area contributed by atoms with Crippen molar-refractivity contribution in [2.75, 3.05) is 11.4 Å². The number of benzene rings is 1. The van der Waals surface area contributed by atoms with E-state index in [1.165, 1.54) is 6.07 Å². The van der Waals surface area contributed by atoms with Crippen LogP contribution in [0.5, 0.6) is 0 Å². The molecule has 0 atom stereocenters. The van der Waals surface area contributed by atoms with Crippen molar-refractivity contribution < 1.29 is 4.39 Å². The molecule has 0 aliphatic carbocycles. The first kappa shape index (κ1) is 10.5. The van der Waals surface area contributed by atoms with E-state index < -0.39 is 0 Å². The zero-order valence-electron chi connectivity index (χ0n) is 9.27. The van der Waals surface area contributed by atoms with E-state index >= 15 is 0 Å². The fourth-order valence-corrected chi connectivity index (χ4v) is 2.27. The number of nitrogens with one attached hydrogen (secondary N) is 1. The molecule has 3 rings (SSSR count). The Kier molecular flexibility index (Phi) is 2.25. The number of hydrogen-bond acceptors (Lipinski definition) is 3. The normalized spacial score (nSPS) is 14.1. The summed E-state index contributed by atoms with van der Waals surface area (Å²) in [6, 6.07) is 4.86. The molecule has 17 heavy (non-hydrogen) atoms. The number of halogens is 1. The highest BCUT2D eigenvalue weighted by Crippen LogP contribution is 2.33. The number of hydrogen-bond donors (Lipinski definition) is 1. The van der Waals surface area contributed by atoms with Crippen molar-refractivity contribution in [3.63, 3.8) is 0 Å². The molecular weight excluding hydrogens is 239 g/mol. The monoisotopic (exact) mass is 250 g/mol. The summed E-state index contributed by atoms with van der Waals surface area (Å²) in [6.07, 6.45) is 0.898. The van der Waals surface area contributed by atoms with E-state index in [4.69, 9.17) is 12.2 Å². The molecule has 0 saturated heterocycles. The van der Waals surface area contributed by atoms with Crippen molar-refractivity contribution in [1.82, 2.24) is 14.8 Å². The summed E-state index contributed by atoms with van der Waals surface area (Å²) < 4.78 is 15.6. The average molecular weight is 250 g/mol. The number of rotatable bonds is 1. The SMILES string of the molecule is Cn1c(N2CCc3ccc(F)cc32)n[nH]c1=S. The second kappa shape index (κ2) is 3.66. The molecule has 6 heteroatoms. The van der Waals surface area contributed by atoms with Gasteiger partial charge in [0.05, 0.1) is 0 Å². The lowest BCUT2D eigenvalue weighted by molar-refractivity contribution is 0.627. The Morgan fingerprint density at radius 3 is 3.00 bits per heavy atom. The maximum Gasteiger partial charge on any atom is 0.229 e. The number of aromatic amines is 1. The molecule has 1 aliphatic heterocycles. The van der Waals surface area contributed by atoms with Gasteiger partial charge >= 0.3 is 0 Å². The minimum atomic E-state index is -0.229. The van der Waals surface area contributed by atoms with Gasteiger partial charge in [-0.3, -0.25) is 4.57 Å². The minimum Gasteiger partial charge on any atom is -0.310 e. The highest BCUT2D eigenvalue weighted by molar-refractivity contribution is 7.71. The van der Waals surface area contributed by atoms with E-state index in [1.54, 1.807) is 10.6 Å². The van der Waals surface area contributed by atoms with Gasteiger partial charge in [-0.25, -0.2) is 9.49 Å². The summed E-state index contributed by atoms with van der Waals surface area (Å²) in [5.74, 6) is 0.492. The number of H-pyrrole nitrogens is 1. The van der Waals surface area contributed by atoms with E-state index in [0.717, 1.165) is 30.2 Å². The minimum absolute atomic E-state index is 0.229. The number of fused-ring (bicyclic) bond motifs is 1. The maximum atomic E-state index is 13.3. The van der Waals surface area contributed by atoms with Crippen LogP contribution in [-0.4, -0.2) is 21.3 Å². The van der Waals surface area contributed by atoms with E-state index in [1.807, 2.05) is 18.0 Å². The van der Waals surface area contributed by atoms with Crippen molar-refractivity contribution in [2.45, 2.75) is 6.42 Å². The van der Waals surface area contributed by atoms with Crippen LogP contribution in [0.2, 0.25) is 0 Å². The summed E-state index contributed by atoms with van der Waals surface area (Å²) in [6.45, 7) is 0.798. The third kappa shape index (κ3) is 1.56. The predicted molar refractivity (Wildman–Crippen MR) is 65.5 cm³/mol. The van der Waals surface area contributed by atoms with Crippen LogP contribution in [0.3, 0.4) is 0 Å². The summed E-state index contributed by atoms with van der Waals surface area (Å²) in [5, 5.41) is 6.91. The lowest BCUT2D eigenvalue weighted by Gasteiger charge is -2.17. The average Bonchev–Trinajstić information content (AvgIpc) is 2.84. The second-order valence-corrected chi connectivity index (χ2v) is 4.45. The quantitative estimate of drug-likeness (QED) is 0.789. The standard InChI is InChI=1S/C11H11FN4S/c1-15-10(13-14-11(15)17)16-5-4-7-2-3-8(12)6-9(7)16/h2-3,6H,4-5H2,1H3,(H,14,17). The Morgan fingerprint density at radius 2 is 2.29 bits per heavy atom. The Labute approximate surface area is 103 Å². The predicted octanol–water partition coefficient (Wildman–Crippen LogP) is 2.31. The number of aromatic nitrogens is 3. The number of nitrogens with zero attached hydrogens (tertiary/aromatic N) is 3. The van der Waals surface area contributed by atoms with Gasteiger partial charge in [0.1, 0.15) is 5.82 Å². The van der Waals surface area contributed by atoms with E-state index in [-0.39, 0.29) is 5.82 Å². The molecule has 4 nitrogen and oxygen atoms in total. The van der Waals surface area contributed by atoms with Gasteiger partial charge in [-0.2, -0.15) is 0 Å². The highest BCUT2D eigenvalue weighted by atomic mass is 32.1. The Hall–Kier alpha value is -1.69. The molecule has 1 aromatic carbocycles. The van der Waals surface area contributed by atoms with Gasteiger partial charge in [0.25, 0.3) is 0 Å². The Morgan fingerprint density at radius 1 is 1.47 bits per heavy atom. The van der Waals surface area contributed by atoms with Gasteiger partial charge in [0.2, 0.25) is 5.95 Å². The zero-order valence-corrected chi connectivity index (χ0v) is 10.1. The van der Waals surface area contributed by atoms with Crippen LogP contribution in [0.15, 0.2) is 18.2 Å².